The zero-order valence-electron chi connectivity index (χ0n) is 19.8. The Labute approximate surface area is 195 Å². The molecule has 174 valence electrons. The molecular weight excluding hydrogens is 420 g/mol. The third-order valence-corrected chi connectivity index (χ3v) is 6.67. The summed E-state index contributed by atoms with van der Waals surface area (Å²) in [5.41, 5.74) is 3.66. The highest BCUT2D eigenvalue weighted by atomic mass is 16.5. The van der Waals surface area contributed by atoms with Gasteiger partial charge in [0.2, 0.25) is 5.75 Å². The Balaban J connectivity index is 1.94. The number of nitriles is 1. The number of fused-ring (bicyclic) bond motifs is 1. The monoisotopic (exact) mass is 450 g/mol. The molecule has 0 N–H and O–H groups in total. The highest BCUT2D eigenvalue weighted by Crippen LogP contribution is 2.50. The number of nitrogens with zero attached hydrogens (tertiary/aromatic N) is 2. The van der Waals surface area contributed by atoms with Crippen LogP contribution >= 0.6 is 0 Å². The Bertz CT molecular complexity index is 1080. The highest BCUT2D eigenvalue weighted by molar-refractivity contribution is 5.79. The average molecular weight is 451 g/mol. The van der Waals surface area contributed by atoms with E-state index >= 15 is 0 Å². The average Bonchev–Trinajstić information content (AvgIpc) is 3.34. The van der Waals surface area contributed by atoms with Gasteiger partial charge in [0.1, 0.15) is 11.8 Å². The topological polar surface area (TPSA) is 73.2 Å². The van der Waals surface area contributed by atoms with Crippen molar-refractivity contribution in [3.63, 3.8) is 0 Å². The summed E-state index contributed by atoms with van der Waals surface area (Å²) in [5, 5.41) is 10.3. The number of hydrogen-bond donors (Lipinski definition) is 0. The molecule has 1 fully saturated rings. The van der Waals surface area contributed by atoms with E-state index in [0.29, 0.717) is 34.8 Å². The van der Waals surface area contributed by atoms with Gasteiger partial charge in [0.25, 0.3) is 0 Å². The molecule has 0 saturated carbocycles. The number of benzene rings is 2. The Hall–Kier alpha value is -3.53. The van der Waals surface area contributed by atoms with E-state index in [4.69, 9.17) is 23.7 Å². The van der Waals surface area contributed by atoms with Crippen molar-refractivity contribution in [2.75, 3.05) is 42.1 Å². The molecule has 4 rings (SSSR count). The van der Waals surface area contributed by atoms with E-state index in [1.165, 1.54) is 0 Å². The van der Waals surface area contributed by atoms with Crippen LogP contribution in [0.3, 0.4) is 0 Å². The molecule has 2 atom stereocenters. The summed E-state index contributed by atoms with van der Waals surface area (Å²) in [4.78, 5) is 2.26. The van der Waals surface area contributed by atoms with E-state index < -0.39 is 0 Å². The minimum atomic E-state index is -0.0224. The molecular formula is C26H30N2O5. The third-order valence-electron chi connectivity index (χ3n) is 6.67. The predicted molar refractivity (Wildman–Crippen MR) is 125 cm³/mol. The minimum absolute atomic E-state index is 0.0224. The molecule has 2 aromatic rings. The minimum Gasteiger partial charge on any atom is -0.493 e. The summed E-state index contributed by atoms with van der Waals surface area (Å²) < 4.78 is 27.8. The number of hydrogen-bond acceptors (Lipinski definition) is 7. The van der Waals surface area contributed by atoms with Crippen molar-refractivity contribution in [2.24, 2.45) is 0 Å². The Morgan fingerprint density at radius 2 is 1.52 bits per heavy atom. The standard InChI is InChI=1S/C26H30N2O5/c1-29-21-9-8-16(11-22(21)30-2)25-19(14-18-7-6-10-28(18)20(25)15-27)17-12-23(31-3)26(33-5)24(13-17)32-4/h8-9,11-13,18-19H,6-7,10,14H2,1-5H3/t18-,19-/m1/s1. The fourth-order valence-electron chi connectivity index (χ4n) is 5.16. The van der Waals surface area contributed by atoms with Gasteiger partial charge >= 0.3 is 0 Å². The van der Waals surface area contributed by atoms with Gasteiger partial charge in [-0.2, -0.15) is 5.26 Å². The van der Waals surface area contributed by atoms with E-state index in [2.05, 4.69) is 11.0 Å². The molecule has 2 aliphatic rings. The van der Waals surface area contributed by atoms with Crippen molar-refractivity contribution in [2.45, 2.75) is 31.2 Å². The first kappa shape index (κ1) is 22.7. The van der Waals surface area contributed by atoms with E-state index in [0.717, 1.165) is 48.2 Å². The SMILES string of the molecule is COc1ccc(C2=C(C#N)N3CCC[C@@H]3C[C@@H]2c2cc(OC)c(OC)c(OC)c2)cc1OC. The number of ether oxygens (including phenoxy) is 5. The molecule has 2 aromatic carbocycles. The first-order valence-electron chi connectivity index (χ1n) is 11.0. The van der Waals surface area contributed by atoms with Crippen molar-refractivity contribution in [3.05, 3.63) is 47.2 Å². The Morgan fingerprint density at radius 1 is 0.848 bits per heavy atom. The van der Waals surface area contributed by atoms with Crippen molar-refractivity contribution in [1.29, 1.82) is 5.26 Å². The molecule has 0 unspecified atom stereocenters. The Kier molecular flexibility index (Phi) is 6.55. The predicted octanol–water partition coefficient (Wildman–Crippen LogP) is 4.62. The number of allylic oxidation sites excluding steroid dienone is 2. The smallest absolute Gasteiger partial charge is 0.203 e. The van der Waals surface area contributed by atoms with Crippen LogP contribution in [0.4, 0.5) is 0 Å². The highest BCUT2D eigenvalue weighted by Gasteiger charge is 2.39. The second-order valence-corrected chi connectivity index (χ2v) is 8.18. The van der Waals surface area contributed by atoms with Crippen LogP contribution in [0.1, 0.15) is 36.3 Å². The van der Waals surface area contributed by atoms with E-state index in [1.54, 1.807) is 35.5 Å². The van der Waals surface area contributed by atoms with Crippen LogP contribution in [0.2, 0.25) is 0 Å². The van der Waals surface area contributed by atoms with Crippen molar-refractivity contribution in [3.8, 4) is 34.8 Å². The first-order chi connectivity index (χ1) is 16.1. The lowest BCUT2D eigenvalue weighted by Crippen LogP contribution is -2.35. The van der Waals surface area contributed by atoms with Gasteiger partial charge < -0.3 is 28.6 Å². The maximum absolute atomic E-state index is 10.3. The summed E-state index contributed by atoms with van der Waals surface area (Å²) in [5.74, 6) is 3.02. The number of rotatable bonds is 7. The largest absolute Gasteiger partial charge is 0.493 e. The zero-order valence-corrected chi connectivity index (χ0v) is 19.8. The Morgan fingerprint density at radius 3 is 2.09 bits per heavy atom. The molecule has 0 bridgehead atoms. The molecule has 7 heteroatoms. The van der Waals surface area contributed by atoms with Crippen LogP contribution in [0.25, 0.3) is 5.57 Å². The van der Waals surface area contributed by atoms with Crippen LogP contribution in [-0.2, 0) is 0 Å². The molecule has 1 saturated heterocycles. The zero-order chi connectivity index (χ0) is 23.5. The molecule has 7 nitrogen and oxygen atoms in total. The first-order valence-corrected chi connectivity index (χ1v) is 11.0. The van der Waals surface area contributed by atoms with Gasteiger partial charge in [-0.15, -0.1) is 0 Å². The van der Waals surface area contributed by atoms with Gasteiger partial charge in [-0.1, -0.05) is 6.07 Å². The molecule has 0 spiro atoms. The second kappa shape index (κ2) is 9.53. The van der Waals surface area contributed by atoms with Crippen LogP contribution in [0.15, 0.2) is 36.0 Å². The maximum atomic E-state index is 10.3. The lowest BCUT2D eigenvalue weighted by molar-refractivity contribution is 0.292. The van der Waals surface area contributed by atoms with Crippen molar-refractivity contribution < 1.29 is 23.7 Å². The lowest BCUT2D eigenvalue weighted by atomic mass is 9.78. The third kappa shape index (κ3) is 3.91. The van der Waals surface area contributed by atoms with Crippen molar-refractivity contribution in [1.82, 2.24) is 4.90 Å². The molecule has 0 aromatic heterocycles. The van der Waals surface area contributed by atoms with Crippen LogP contribution in [-0.4, -0.2) is 53.0 Å². The van der Waals surface area contributed by atoms with E-state index in [-0.39, 0.29) is 5.92 Å². The number of methoxy groups -OCH3 is 5. The molecule has 2 heterocycles. The van der Waals surface area contributed by atoms with Gasteiger partial charge in [0, 0.05) is 24.1 Å². The van der Waals surface area contributed by atoms with Gasteiger partial charge in [-0.05, 0) is 54.7 Å². The maximum Gasteiger partial charge on any atom is 0.203 e. The molecule has 0 amide bonds. The molecule has 2 aliphatic heterocycles. The fourth-order valence-corrected chi connectivity index (χ4v) is 5.16. The summed E-state index contributed by atoms with van der Waals surface area (Å²) in [6.07, 6.45) is 3.05. The van der Waals surface area contributed by atoms with Gasteiger partial charge in [-0.25, -0.2) is 0 Å². The molecule has 0 aliphatic carbocycles. The summed E-state index contributed by atoms with van der Waals surface area (Å²) >= 11 is 0. The lowest BCUT2D eigenvalue weighted by Gasteiger charge is -2.38. The van der Waals surface area contributed by atoms with Gasteiger partial charge in [0.05, 0.1) is 35.5 Å². The van der Waals surface area contributed by atoms with E-state index in [1.807, 2.05) is 30.3 Å². The summed E-state index contributed by atoms with van der Waals surface area (Å²) in [6.45, 7) is 0.895. The van der Waals surface area contributed by atoms with Gasteiger partial charge in [-0.3, -0.25) is 0 Å². The van der Waals surface area contributed by atoms with E-state index in [9.17, 15) is 5.26 Å². The quantitative estimate of drug-likeness (QED) is 0.610. The van der Waals surface area contributed by atoms with Crippen LogP contribution in [0.5, 0.6) is 28.7 Å². The molecule has 0 radical (unpaired) electrons. The van der Waals surface area contributed by atoms with Gasteiger partial charge in [0.15, 0.2) is 23.0 Å². The fraction of sp³-hybridized carbons (Fsp3) is 0.423. The second-order valence-electron chi connectivity index (χ2n) is 8.18. The summed E-state index contributed by atoms with van der Waals surface area (Å²) in [7, 11) is 8.07. The summed E-state index contributed by atoms with van der Waals surface area (Å²) in [6, 6.07) is 12.7. The van der Waals surface area contributed by atoms with Crippen LogP contribution in [0, 0.1) is 11.3 Å². The molecule has 33 heavy (non-hydrogen) atoms. The van der Waals surface area contributed by atoms with Crippen molar-refractivity contribution >= 4 is 5.57 Å². The van der Waals surface area contributed by atoms with Crippen LogP contribution < -0.4 is 23.7 Å². The normalized spacial score (nSPS) is 19.6.